The highest BCUT2D eigenvalue weighted by molar-refractivity contribution is 5.87. The maximum Gasteiger partial charge on any atom is 0.330 e. The molecule has 0 bridgehead atoms. The van der Waals surface area contributed by atoms with Gasteiger partial charge in [0.05, 0.1) is 6.33 Å². The fourth-order valence-corrected chi connectivity index (χ4v) is 3.12. The number of aromatic hydroxyl groups is 1. The number of carbonyl (C=O) groups is 1. The van der Waals surface area contributed by atoms with Gasteiger partial charge in [-0.15, -0.1) is 0 Å². The van der Waals surface area contributed by atoms with Crippen molar-refractivity contribution in [2.45, 2.75) is 24.5 Å². The molecule has 11 heteroatoms. The Morgan fingerprint density at radius 2 is 1.97 bits per heavy atom. The van der Waals surface area contributed by atoms with E-state index in [0.29, 0.717) is 16.7 Å². The Morgan fingerprint density at radius 1 is 1.20 bits per heavy atom. The summed E-state index contributed by atoms with van der Waals surface area (Å²) in [6.45, 7) is -0.267. The third-order valence-electron chi connectivity index (χ3n) is 4.69. The number of nitrogens with zero attached hydrogens (tertiary/aromatic N) is 4. The highest BCUT2D eigenvalue weighted by atomic mass is 16.6. The molecule has 0 aliphatic carbocycles. The molecule has 4 rings (SSSR count). The van der Waals surface area contributed by atoms with Crippen molar-refractivity contribution >= 4 is 29.0 Å². The number of fused-ring (bicyclic) bond motifs is 1. The van der Waals surface area contributed by atoms with Crippen LogP contribution in [0.25, 0.3) is 17.2 Å². The number of phenolic OH excluding ortho intramolecular Hbond substituents is 1. The standard InChI is InChI=1S/C19H19N5O6/c20-17-14-18(22-8-21-17)24(9-23-14)19-16(28)15(27)12(30-19)7-29-13(26)6-3-10-1-4-11(25)5-2-10/h1-6,8-9,12,15-16,19,25,27-28H,7H2,(H2,20,21,22)/t12-,15-,16-,19-/m0/s1. The second-order valence-electron chi connectivity index (χ2n) is 6.68. The second-order valence-corrected chi connectivity index (χ2v) is 6.68. The number of hydrogen-bond acceptors (Lipinski definition) is 10. The number of phenols is 1. The Balaban J connectivity index is 1.40. The first-order valence-electron chi connectivity index (χ1n) is 9.02. The maximum atomic E-state index is 11.9. The summed E-state index contributed by atoms with van der Waals surface area (Å²) in [4.78, 5) is 24.0. The Morgan fingerprint density at radius 3 is 2.73 bits per heavy atom. The Bertz CT molecular complexity index is 1080. The summed E-state index contributed by atoms with van der Waals surface area (Å²) in [7, 11) is 0. The molecule has 1 aliphatic rings. The van der Waals surface area contributed by atoms with E-state index in [4.69, 9.17) is 15.2 Å². The van der Waals surface area contributed by atoms with E-state index in [-0.39, 0.29) is 18.2 Å². The molecule has 1 aromatic carbocycles. The predicted molar refractivity (Wildman–Crippen MR) is 104 cm³/mol. The molecule has 2 aromatic heterocycles. The number of imidazole rings is 1. The lowest BCUT2D eigenvalue weighted by Crippen LogP contribution is -2.34. The van der Waals surface area contributed by atoms with E-state index in [1.807, 2.05) is 0 Å². The quantitative estimate of drug-likeness (QED) is 0.330. The molecule has 1 saturated heterocycles. The van der Waals surface area contributed by atoms with Crippen molar-refractivity contribution in [2.24, 2.45) is 0 Å². The van der Waals surface area contributed by atoms with Crippen LogP contribution in [0.1, 0.15) is 11.8 Å². The summed E-state index contributed by atoms with van der Waals surface area (Å²) in [5.41, 5.74) is 7.15. The lowest BCUT2D eigenvalue weighted by molar-refractivity contribution is -0.144. The molecule has 156 valence electrons. The maximum absolute atomic E-state index is 11.9. The number of aliphatic hydroxyl groups excluding tert-OH is 2. The minimum absolute atomic E-state index is 0.120. The SMILES string of the molecule is Nc1ncnc2c1ncn2[C@H]1O[C@@H](COC(=O)C=Cc2ccc(O)cc2)[C@H](O)[C@@H]1O. The number of rotatable bonds is 5. The van der Waals surface area contributed by atoms with Crippen LogP contribution in [0.3, 0.4) is 0 Å². The van der Waals surface area contributed by atoms with Gasteiger partial charge in [-0.3, -0.25) is 4.57 Å². The van der Waals surface area contributed by atoms with E-state index >= 15 is 0 Å². The molecule has 1 fully saturated rings. The molecule has 30 heavy (non-hydrogen) atoms. The summed E-state index contributed by atoms with van der Waals surface area (Å²) in [6, 6.07) is 6.26. The largest absolute Gasteiger partial charge is 0.508 e. The normalized spacial score (nSPS) is 23.9. The van der Waals surface area contributed by atoms with E-state index in [1.165, 1.54) is 41.5 Å². The molecule has 5 N–H and O–H groups in total. The lowest BCUT2D eigenvalue weighted by atomic mass is 10.1. The van der Waals surface area contributed by atoms with Gasteiger partial charge < -0.3 is 30.5 Å². The number of esters is 1. The van der Waals surface area contributed by atoms with Gasteiger partial charge in [0.15, 0.2) is 17.7 Å². The number of carbonyl (C=O) groups excluding carboxylic acids is 1. The molecule has 0 spiro atoms. The average molecular weight is 413 g/mol. The number of nitrogen functional groups attached to an aromatic ring is 1. The molecule has 11 nitrogen and oxygen atoms in total. The fourth-order valence-electron chi connectivity index (χ4n) is 3.12. The van der Waals surface area contributed by atoms with E-state index in [9.17, 15) is 20.1 Å². The van der Waals surface area contributed by atoms with Gasteiger partial charge in [0, 0.05) is 6.08 Å². The third kappa shape index (κ3) is 3.81. The molecule has 4 atom stereocenters. The molecular weight excluding hydrogens is 394 g/mol. The smallest absolute Gasteiger partial charge is 0.330 e. The molecule has 3 heterocycles. The topological polar surface area (TPSA) is 166 Å². The minimum Gasteiger partial charge on any atom is -0.508 e. The summed E-state index contributed by atoms with van der Waals surface area (Å²) < 4.78 is 12.3. The van der Waals surface area contributed by atoms with Gasteiger partial charge >= 0.3 is 5.97 Å². The average Bonchev–Trinajstić information content (AvgIpc) is 3.29. The van der Waals surface area contributed by atoms with Crippen molar-refractivity contribution in [3.05, 3.63) is 48.6 Å². The van der Waals surface area contributed by atoms with Crippen molar-refractivity contribution in [3.8, 4) is 5.75 Å². The van der Waals surface area contributed by atoms with Gasteiger partial charge in [0.25, 0.3) is 0 Å². The summed E-state index contributed by atoms with van der Waals surface area (Å²) in [5, 5.41) is 30.0. The van der Waals surface area contributed by atoms with Gasteiger partial charge in [0.2, 0.25) is 0 Å². The fraction of sp³-hybridized carbons (Fsp3) is 0.263. The zero-order chi connectivity index (χ0) is 21.3. The van der Waals surface area contributed by atoms with Gasteiger partial charge in [-0.1, -0.05) is 12.1 Å². The number of aromatic nitrogens is 4. The van der Waals surface area contributed by atoms with Crippen LogP contribution >= 0.6 is 0 Å². The summed E-state index contributed by atoms with van der Waals surface area (Å²) in [6.07, 6.45) is 0.842. The first-order valence-corrected chi connectivity index (χ1v) is 9.02. The van der Waals surface area contributed by atoms with Crippen molar-refractivity contribution in [1.82, 2.24) is 19.5 Å². The number of benzene rings is 1. The molecule has 3 aromatic rings. The number of ether oxygens (including phenoxy) is 2. The van der Waals surface area contributed by atoms with Crippen LogP contribution < -0.4 is 5.73 Å². The molecule has 0 unspecified atom stereocenters. The van der Waals surface area contributed by atoms with E-state index in [2.05, 4.69) is 15.0 Å². The van der Waals surface area contributed by atoms with Gasteiger partial charge in [-0.2, -0.15) is 0 Å². The van der Waals surface area contributed by atoms with E-state index in [0.717, 1.165) is 0 Å². The van der Waals surface area contributed by atoms with Crippen molar-refractivity contribution in [1.29, 1.82) is 0 Å². The molecular formula is C19H19N5O6. The van der Waals surface area contributed by atoms with Crippen molar-refractivity contribution < 1.29 is 29.6 Å². The first-order chi connectivity index (χ1) is 14.4. The van der Waals surface area contributed by atoms with Crippen LogP contribution in [0.5, 0.6) is 5.75 Å². The van der Waals surface area contributed by atoms with Crippen LogP contribution in [0.2, 0.25) is 0 Å². The number of aliphatic hydroxyl groups is 2. The predicted octanol–water partition coefficient (Wildman–Crippen LogP) is -0.0101. The summed E-state index contributed by atoms with van der Waals surface area (Å²) in [5.74, 6) is -0.349. The lowest BCUT2D eigenvalue weighted by Gasteiger charge is -2.16. The van der Waals surface area contributed by atoms with E-state index < -0.39 is 30.5 Å². The molecule has 1 aliphatic heterocycles. The zero-order valence-electron chi connectivity index (χ0n) is 15.6. The van der Waals surface area contributed by atoms with Crippen LogP contribution in [0.4, 0.5) is 5.82 Å². The third-order valence-corrected chi connectivity index (χ3v) is 4.69. The van der Waals surface area contributed by atoms with Crippen LogP contribution in [-0.2, 0) is 14.3 Å². The van der Waals surface area contributed by atoms with Gasteiger partial charge in [-0.25, -0.2) is 19.7 Å². The zero-order valence-corrected chi connectivity index (χ0v) is 15.6. The molecule has 0 saturated carbocycles. The van der Waals surface area contributed by atoms with Crippen LogP contribution in [-0.4, -0.2) is 65.7 Å². The molecule has 0 radical (unpaired) electrons. The van der Waals surface area contributed by atoms with E-state index in [1.54, 1.807) is 12.1 Å². The molecule has 0 amide bonds. The Hall–Kier alpha value is -3.54. The highest BCUT2D eigenvalue weighted by Crippen LogP contribution is 2.32. The van der Waals surface area contributed by atoms with Crippen molar-refractivity contribution in [3.63, 3.8) is 0 Å². The van der Waals surface area contributed by atoms with Gasteiger partial charge in [-0.05, 0) is 23.8 Å². The monoisotopic (exact) mass is 413 g/mol. The highest BCUT2D eigenvalue weighted by Gasteiger charge is 2.44. The Labute approximate surface area is 170 Å². The summed E-state index contributed by atoms with van der Waals surface area (Å²) >= 11 is 0. The van der Waals surface area contributed by atoms with Gasteiger partial charge in [0.1, 0.15) is 42.5 Å². The van der Waals surface area contributed by atoms with Crippen LogP contribution in [0.15, 0.2) is 43.0 Å². The minimum atomic E-state index is -1.30. The van der Waals surface area contributed by atoms with Crippen molar-refractivity contribution in [2.75, 3.05) is 12.3 Å². The second kappa shape index (κ2) is 8.06. The number of anilines is 1. The number of nitrogens with two attached hydrogens (primary N) is 1. The van der Waals surface area contributed by atoms with Crippen LogP contribution in [0, 0.1) is 0 Å². The first kappa shape index (κ1) is 19.8. The number of hydrogen-bond donors (Lipinski definition) is 4. The Kier molecular flexibility index (Phi) is 5.31.